The first kappa shape index (κ1) is 21.9. The van der Waals surface area contributed by atoms with Crippen molar-refractivity contribution in [3.05, 3.63) is 0 Å². The molecule has 0 saturated carbocycles. The van der Waals surface area contributed by atoms with E-state index in [1.54, 1.807) is 48.5 Å². The summed E-state index contributed by atoms with van der Waals surface area (Å²) in [4.78, 5) is 43.8. The summed E-state index contributed by atoms with van der Waals surface area (Å²) in [6, 6.07) is 0. The van der Waals surface area contributed by atoms with Crippen LogP contribution in [0.25, 0.3) is 0 Å². The molecule has 0 bridgehead atoms. The molecule has 0 aliphatic rings. The van der Waals surface area contributed by atoms with E-state index in [9.17, 15) is 9.59 Å². The molecule has 23 heavy (non-hydrogen) atoms. The third-order valence-electron chi connectivity index (χ3n) is 2.99. The van der Waals surface area contributed by atoms with Gasteiger partial charge >= 0.3 is 11.9 Å². The summed E-state index contributed by atoms with van der Waals surface area (Å²) >= 11 is 0. The molecule has 0 aromatic heterocycles. The topological polar surface area (TPSA) is 71.1 Å². The first-order valence-corrected chi connectivity index (χ1v) is 7.97. The molecular formula is C17H32O6. The molecule has 0 atom stereocenters. The molecule has 0 spiro atoms. The zero-order chi connectivity index (χ0) is 18.5. The largest absolute Gasteiger partial charge is 0.347 e. The average molecular weight is 332 g/mol. The fourth-order valence-corrected chi connectivity index (χ4v) is 1.15. The van der Waals surface area contributed by atoms with Crippen LogP contribution in [0.2, 0.25) is 0 Å². The van der Waals surface area contributed by atoms with E-state index in [0.717, 1.165) is 6.42 Å². The van der Waals surface area contributed by atoms with Gasteiger partial charge in [0.1, 0.15) is 0 Å². The molecule has 0 saturated heterocycles. The standard InChI is InChI=1S/C17H32O6/c1-12(2)10-11-17(9,22-20-13(18)15(3,4)5)23-21-14(19)16(6,7)8/h12H,10-11H2,1-9H3. The number of rotatable bonds is 7. The Labute approximate surface area is 139 Å². The predicted molar refractivity (Wildman–Crippen MR) is 85.7 cm³/mol. The summed E-state index contributed by atoms with van der Waals surface area (Å²) in [5, 5.41) is 0. The molecule has 0 rings (SSSR count). The van der Waals surface area contributed by atoms with Gasteiger partial charge in [-0.2, -0.15) is 0 Å². The lowest BCUT2D eigenvalue weighted by Crippen LogP contribution is -2.38. The van der Waals surface area contributed by atoms with Crippen LogP contribution in [0.4, 0.5) is 0 Å². The highest BCUT2D eigenvalue weighted by Gasteiger charge is 2.36. The minimum atomic E-state index is -1.36. The summed E-state index contributed by atoms with van der Waals surface area (Å²) in [7, 11) is 0. The Morgan fingerprint density at radius 1 is 0.783 bits per heavy atom. The maximum Gasteiger partial charge on any atom is 0.347 e. The summed E-state index contributed by atoms with van der Waals surface area (Å²) in [5.74, 6) is -2.03. The Balaban J connectivity index is 4.82. The molecule has 6 heteroatoms. The Morgan fingerprint density at radius 3 is 1.39 bits per heavy atom. The van der Waals surface area contributed by atoms with Gasteiger partial charge in [-0.15, -0.1) is 9.78 Å². The highest BCUT2D eigenvalue weighted by molar-refractivity contribution is 5.75. The van der Waals surface area contributed by atoms with Crippen molar-refractivity contribution in [1.29, 1.82) is 0 Å². The quantitative estimate of drug-likeness (QED) is 0.396. The van der Waals surface area contributed by atoms with Gasteiger partial charge in [-0.1, -0.05) is 13.8 Å². The molecule has 0 fully saturated rings. The van der Waals surface area contributed by atoms with Crippen molar-refractivity contribution < 1.29 is 29.1 Å². The van der Waals surface area contributed by atoms with Gasteiger partial charge in [0.15, 0.2) is 0 Å². The zero-order valence-corrected chi connectivity index (χ0v) is 15.9. The lowest BCUT2D eigenvalue weighted by Gasteiger charge is -2.28. The molecule has 136 valence electrons. The molecule has 6 nitrogen and oxygen atoms in total. The molecule has 0 unspecified atom stereocenters. The molecular weight excluding hydrogens is 300 g/mol. The smallest absolute Gasteiger partial charge is 0.295 e. The lowest BCUT2D eigenvalue weighted by molar-refractivity contribution is -0.480. The molecule has 0 amide bonds. The van der Waals surface area contributed by atoms with Crippen LogP contribution in [-0.2, 0) is 29.1 Å². The van der Waals surface area contributed by atoms with Crippen LogP contribution in [0.1, 0.15) is 75.2 Å². The summed E-state index contributed by atoms with van der Waals surface area (Å²) in [6.45, 7) is 15.9. The third-order valence-corrected chi connectivity index (χ3v) is 2.99. The maximum atomic E-state index is 11.8. The number of carbonyl (C=O) groups excluding carboxylic acids is 2. The van der Waals surface area contributed by atoms with Crippen LogP contribution in [0.3, 0.4) is 0 Å². The first-order chi connectivity index (χ1) is 10.2. The Kier molecular flexibility index (Phi) is 7.70. The molecule has 0 N–H and O–H groups in total. The van der Waals surface area contributed by atoms with Crippen LogP contribution < -0.4 is 0 Å². The minimum absolute atomic E-state index is 0.387. The van der Waals surface area contributed by atoms with Gasteiger partial charge in [0.2, 0.25) is 0 Å². The molecule has 0 heterocycles. The normalized spacial score (nSPS) is 13.1. The SMILES string of the molecule is CC(C)CCC(C)(OOC(=O)C(C)(C)C)OOC(=O)C(C)(C)C. The second-order valence-corrected chi connectivity index (χ2v) is 8.47. The Hall–Kier alpha value is -1.14. The van der Waals surface area contributed by atoms with Crippen LogP contribution in [0, 0.1) is 16.7 Å². The second-order valence-electron chi connectivity index (χ2n) is 8.47. The van der Waals surface area contributed by atoms with E-state index in [1.807, 2.05) is 13.8 Å². The molecule has 0 aromatic rings. The first-order valence-electron chi connectivity index (χ1n) is 7.97. The van der Waals surface area contributed by atoms with Gasteiger partial charge < -0.3 is 0 Å². The van der Waals surface area contributed by atoms with Crippen molar-refractivity contribution in [2.24, 2.45) is 16.7 Å². The van der Waals surface area contributed by atoms with Crippen LogP contribution in [0.5, 0.6) is 0 Å². The van der Waals surface area contributed by atoms with Crippen LogP contribution >= 0.6 is 0 Å². The van der Waals surface area contributed by atoms with Crippen molar-refractivity contribution in [2.45, 2.75) is 80.9 Å². The number of hydrogen-bond acceptors (Lipinski definition) is 6. The fourth-order valence-electron chi connectivity index (χ4n) is 1.15. The Bertz CT molecular complexity index is 370. The van der Waals surface area contributed by atoms with Gasteiger partial charge in [-0.3, -0.25) is 9.78 Å². The summed E-state index contributed by atoms with van der Waals surface area (Å²) in [6.07, 6.45) is 1.15. The second kappa shape index (κ2) is 8.11. The van der Waals surface area contributed by atoms with E-state index in [-0.39, 0.29) is 0 Å². The van der Waals surface area contributed by atoms with E-state index in [0.29, 0.717) is 12.3 Å². The highest BCUT2D eigenvalue weighted by atomic mass is 17.3. The predicted octanol–water partition coefficient (Wildman–Crippen LogP) is 4.18. The zero-order valence-electron chi connectivity index (χ0n) is 15.9. The van der Waals surface area contributed by atoms with E-state index in [4.69, 9.17) is 19.6 Å². The summed E-state index contributed by atoms with van der Waals surface area (Å²) in [5.41, 5.74) is -1.41. The van der Waals surface area contributed by atoms with Crippen molar-refractivity contribution >= 4 is 11.9 Å². The van der Waals surface area contributed by atoms with Crippen molar-refractivity contribution in [3.8, 4) is 0 Å². The molecule has 0 aliphatic heterocycles. The highest BCUT2D eigenvalue weighted by Crippen LogP contribution is 2.26. The van der Waals surface area contributed by atoms with Gasteiger partial charge in [0.25, 0.3) is 5.79 Å². The van der Waals surface area contributed by atoms with Crippen LogP contribution in [-0.4, -0.2) is 17.7 Å². The number of hydrogen-bond donors (Lipinski definition) is 0. The van der Waals surface area contributed by atoms with Crippen molar-refractivity contribution in [1.82, 2.24) is 0 Å². The van der Waals surface area contributed by atoms with E-state index in [2.05, 4.69) is 0 Å². The van der Waals surface area contributed by atoms with Crippen LogP contribution in [0.15, 0.2) is 0 Å². The van der Waals surface area contributed by atoms with Crippen molar-refractivity contribution in [3.63, 3.8) is 0 Å². The van der Waals surface area contributed by atoms with Gasteiger partial charge in [0.05, 0.1) is 10.8 Å². The van der Waals surface area contributed by atoms with Gasteiger partial charge in [-0.05, 0) is 60.8 Å². The van der Waals surface area contributed by atoms with Gasteiger partial charge in [0, 0.05) is 6.42 Å². The third kappa shape index (κ3) is 8.91. The molecule has 0 radical (unpaired) electrons. The maximum absolute atomic E-state index is 11.8. The lowest BCUT2D eigenvalue weighted by atomic mass is 9.98. The average Bonchev–Trinajstić information content (AvgIpc) is 2.38. The fraction of sp³-hybridized carbons (Fsp3) is 0.882. The van der Waals surface area contributed by atoms with E-state index >= 15 is 0 Å². The van der Waals surface area contributed by atoms with E-state index in [1.165, 1.54) is 0 Å². The Morgan fingerprint density at radius 2 is 1.13 bits per heavy atom. The summed E-state index contributed by atoms with van der Waals surface area (Å²) < 4.78 is 0. The molecule has 0 aliphatic carbocycles. The monoisotopic (exact) mass is 332 g/mol. The van der Waals surface area contributed by atoms with Gasteiger partial charge in [-0.25, -0.2) is 9.59 Å². The van der Waals surface area contributed by atoms with Crippen molar-refractivity contribution in [2.75, 3.05) is 0 Å². The van der Waals surface area contributed by atoms with E-state index < -0.39 is 28.6 Å². The molecule has 0 aromatic carbocycles. The minimum Gasteiger partial charge on any atom is -0.295 e. The number of carbonyl (C=O) groups is 2.